The molecule has 1 N–H and O–H groups in total. The third-order valence-corrected chi connectivity index (χ3v) is 1.31. The summed E-state index contributed by atoms with van der Waals surface area (Å²) in [4.78, 5) is 0. The van der Waals surface area contributed by atoms with Crippen molar-refractivity contribution in [3.63, 3.8) is 0 Å². The van der Waals surface area contributed by atoms with Gasteiger partial charge in [0.25, 0.3) is 0 Å². The Morgan fingerprint density at radius 1 is 1.50 bits per heavy atom. The quantitative estimate of drug-likeness (QED) is 0.620. The fraction of sp³-hybridized carbons (Fsp3) is 0.778. The van der Waals surface area contributed by atoms with E-state index in [2.05, 4.69) is 32.7 Å². The van der Waals surface area contributed by atoms with Crippen molar-refractivity contribution in [2.75, 3.05) is 6.54 Å². The molecule has 0 aliphatic rings. The van der Waals surface area contributed by atoms with Crippen LogP contribution < -0.4 is 5.32 Å². The second-order valence-electron chi connectivity index (χ2n) is 3.13. The van der Waals surface area contributed by atoms with Gasteiger partial charge in [-0.15, -0.1) is 0 Å². The van der Waals surface area contributed by atoms with Crippen molar-refractivity contribution in [2.45, 2.75) is 33.6 Å². The molecule has 0 aromatic carbocycles. The van der Waals surface area contributed by atoms with Crippen LogP contribution in [0.25, 0.3) is 0 Å². The van der Waals surface area contributed by atoms with Crippen LogP contribution in [-0.4, -0.2) is 6.54 Å². The lowest BCUT2D eigenvalue weighted by atomic mass is 10.2. The summed E-state index contributed by atoms with van der Waals surface area (Å²) in [7, 11) is 0. The van der Waals surface area contributed by atoms with E-state index in [9.17, 15) is 0 Å². The summed E-state index contributed by atoms with van der Waals surface area (Å²) in [6.07, 6.45) is 2.29. The topological polar surface area (TPSA) is 12.0 Å². The summed E-state index contributed by atoms with van der Waals surface area (Å²) in [5.41, 5.74) is 1.18. The lowest BCUT2D eigenvalue weighted by molar-refractivity contribution is 0.584. The molecule has 0 atom stereocenters. The first kappa shape index (κ1) is 9.54. The Morgan fingerprint density at radius 2 is 2.10 bits per heavy atom. The molecule has 0 aromatic rings. The number of nitrogens with one attached hydrogen (secondary N) is 1. The third kappa shape index (κ3) is 5.67. The minimum absolute atomic E-state index is 0.716. The molecular formula is C9H19N. The van der Waals surface area contributed by atoms with E-state index in [0.717, 1.165) is 13.0 Å². The first-order chi connectivity index (χ1) is 4.66. The van der Waals surface area contributed by atoms with Gasteiger partial charge in [0.15, 0.2) is 0 Å². The zero-order chi connectivity index (χ0) is 7.98. The Morgan fingerprint density at radius 3 is 2.50 bits per heavy atom. The van der Waals surface area contributed by atoms with Crippen molar-refractivity contribution in [1.29, 1.82) is 0 Å². The zero-order valence-electron chi connectivity index (χ0n) is 7.41. The van der Waals surface area contributed by atoms with Crippen molar-refractivity contribution < 1.29 is 0 Å². The monoisotopic (exact) mass is 141 g/mol. The highest BCUT2D eigenvalue weighted by Crippen LogP contribution is 1.98. The lowest BCUT2D eigenvalue weighted by Gasteiger charge is -2.09. The molecular weight excluding hydrogens is 122 g/mol. The Kier molecular flexibility index (Phi) is 5.09. The van der Waals surface area contributed by atoms with Crippen molar-refractivity contribution >= 4 is 0 Å². The normalized spacial score (nSPS) is 10.0. The molecule has 0 unspecified atom stereocenters. The molecule has 0 aliphatic heterocycles. The first-order valence-electron chi connectivity index (χ1n) is 4.08. The third-order valence-electron chi connectivity index (χ3n) is 1.31. The van der Waals surface area contributed by atoms with E-state index < -0.39 is 0 Å². The van der Waals surface area contributed by atoms with Crippen LogP contribution in [0.15, 0.2) is 12.3 Å². The second-order valence-corrected chi connectivity index (χ2v) is 3.13. The van der Waals surface area contributed by atoms with Crippen molar-refractivity contribution in [2.24, 2.45) is 5.92 Å². The Bertz CT molecular complexity index is 94.9. The standard InChI is InChI=1S/C9H19N/c1-5-6-9(4)10-7-8(2)3/h8,10H,4-7H2,1-3H3. The zero-order valence-corrected chi connectivity index (χ0v) is 7.41. The van der Waals surface area contributed by atoms with E-state index in [1.54, 1.807) is 0 Å². The molecule has 0 amide bonds. The van der Waals surface area contributed by atoms with Gasteiger partial charge in [0, 0.05) is 12.2 Å². The largest absolute Gasteiger partial charge is 0.389 e. The fourth-order valence-electron chi connectivity index (χ4n) is 0.739. The summed E-state index contributed by atoms with van der Waals surface area (Å²) in [5, 5.41) is 3.29. The molecule has 0 rings (SSSR count). The van der Waals surface area contributed by atoms with Gasteiger partial charge in [-0.1, -0.05) is 33.8 Å². The van der Waals surface area contributed by atoms with Crippen LogP contribution in [0.4, 0.5) is 0 Å². The van der Waals surface area contributed by atoms with Crippen LogP contribution in [0.5, 0.6) is 0 Å². The summed E-state index contributed by atoms with van der Waals surface area (Å²) >= 11 is 0. The van der Waals surface area contributed by atoms with Gasteiger partial charge >= 0.3 is 0 Å². The maximum absolute atomic E-state index is 3.91. The fourth-order valence-corrected chi connectivity index (χ4v) is 0.739. The smallest absolute Gasteiger partial charge is 0.0166 e. The molecule has 0 spiro atoms. The van der Waals surface area contributed by atoms with Crippen LogP contribution in [-0.2, 0) is 0 Å². The van der Waals surface area contributed by atoms with Crippen molar-refractivity contribution in [3.8, 4) is 0 Å². The number of allylic oxidation sites excluding steroid dienone is 1. The second kappa shape index (κ2) is 5.33. The molecule has 0 heterocycles. The van der Waals surface area contributed by atoms with Crippen molar-refractivity contribution in [1.82, 2.24) is 5.32 Å². The van der Waals surface area contributed by atoms with E-state index in [4.69, 9.17) is 0 Å². The maximum atomic E-state index is 3.91. The van der Waals surface area contributed by atoms with E-state index in [1.165, 1.54) is 12.1 Å². The van der Waals surface area contributed by atoms with E-state index in [1.807, 2.05) is 0 Å². The predicted octanol–water partition coefficient (Wildman–Crippen LogP) is 2.55. The van der Waals surface area contributed by atoms with E-state index in [0.29, 0.717) is 5.92 Å². The van der Waals surface area contributed by atoms with Gasteiger partial charge in [-0.3, -0.25) is 0 Å². The summed E-state index contributed by atoms with van der Waals surface area (Å²) in [6, 6.07) is 0. The summed E-state index contributed by atoms with van der Waals surface area (Å²) in [5.74, 6) is 0.716. The first-order valence-corrected chi connectivity index (χ1v) is 4.08. The average Bonchev–Trinajstić information content (AvgIpc) is 1.85. The van der Waals surface area contributed by atoms with Gasteiger partial charge in [-0.05, 0) is 12.3 Å². The molecule has 0 bridgehead atoms. The number of rotatable bonds is 5. The molecule has 0 fully saturated rings. The van der Waals surface area contributed by atoms with Gasteiger partial charge in [-0.2, -0.15) is 0 Å². The molecule has 1 nitrogen and oxygen atoms in total. The highest BCUT2D eigenvalue weighted by molar-refractivity contribution is 4.90. The van der Waals surface area contributed by atoms with Gasteiger partial charge in [0.1, 0.15) is 0 Å². The van der Waals surface area contributed by atoms with Crippen LogP contribution in [0.2, 0.25) is 0 Å². The number of hydrogen-bond acceptors (Lipinski definition) is 1. The maximum Gasteiger partial charge on any atom is 0.0166 e. The average molecular weight is 141 g/mol. The van der Waals surface area contributed by atoms with Crippen LogP contribution in [0, 0.1) is 5.92 Å². The Balaban J connectivity index is 3.22. The van der Waals surface area contributed by atoms with E-state index in [-0.39, 0.29) is 0 Å². The van der Waals surface area contributed by atoms with Gasteiger partial charge in [-0.25, -0.2) is 0 Å². The van der Waals surface area contributed by atoms with E-state index >= 15 is 0 Å². The summed E-state index contributed by atoms with van der Waals surface area (Å²) in [6.45, 7) is 11.5. The minimum Gasteiger partial charge on any atom is -0.389 e. The highest BCUT2D eigenvalue weighted by Gasteiger charge is 1.93. The highest BCUT2D eigenvalue weighted by atomic mass is 14.9. The van der Waals surface area contributed by atoms with Crippen LogP contribution in [0.3, 0.4) is 0 Å². The molecule has 60 valence electrons. The molecule has 0 radical (unpaired) electrons. The number of hydrogen-bond donors (Lipinski definition) is 1. The minimum atomic E-state index is 0.716. The molecule has 10 heavy (non-hydrogen) atoms. The molecule has 0 saturated heterocycles. The molecule has 0 saturated carbocycles. The van der Waals surface area contributed by atoms with Gasteiger partial charge < -0.3 is 5.32 Å². The van der Waals surface area contributed by atoms with Gasteiger partial charge in [0.2, 0.25) is 0 Å². The van der Waals surface area contributed by atoms with Crippen LogP contribution >= 0.6 is 0 Å². The molecule has 0 aromatic heterocycles. The summed E-state index contributed by atoms with van der Waals surface area (Å²) < 4.78 is 0. The molecule has 1 heteroatoms. The lowest BCUT2D eigenvalue weighted by Crippen LogP contribution is -2.18. The van der Waals surface area contributed by atoms with Crippen molar-refractivity contribution in [3.05, 3.63) is 12.3 Å². The Hall–Kier alpha value is -0.460. The molecule has 0 aliphatic carbocycles. The Labute approximate surface area is 64.5 Å². The SMILES string of the molecule is C=C(CCC)NCC(C)C. The predicted molar refractivity (Wildman–Crippen MR) is 46.9 cm³/mol. The van der Waals surface area contributed by atoms with Gasteiger partial charge in [0.05, 0.1) is 0 Å². The van der Waals surface area contributed by atoms with Crippen LogP contribution in [0.1, 0.15) is 33.6 Å².